The van der Waals surface area contributed by atoms with Gasteiger partial charge in [0.15, 0.2) is 5.78 Å². The predicted molar refractivity (Wildman–Crippen MR) is 147 cm³/mol. The van der Waals surface area contributed by atoms with Crippen LogP contribution in [0.15, 0.2) is 72.3 Å². The molecule has 0 fully saturated rings. The highest BCUT2D eigenvalue weighted by atomic mass is 32.1. The maximum atomic E-state index is 13.9. The Morgan fingerprint density at radius 3 is 2.11 bits per heavy atom. The molecular formula is C30H30N2O4S. The first-order valence-corrected chi connectivity index (χ1v) is 12.9. The molecule has 0 bridgehead atoms. The van der Waals surface area contributed by atoms with Gasteiger partial charge >= 0.3 is 5.97 Å². The summed E-state index contributed by atoms with van der Waals surface area (Å²) in [5.74, 6) is -0.864. The number of fused-ring (bicyclic) bond motifs is 1. The van der Waals surface area contributed by atoms with Gasteiger partial charge in [0.1, 0.15) is 16.8 Å². The molecule has 190 valence electrons. The Hall–Kier alpha value is -3.84. The number of carbonyl (C=O) groups excluding carboxylic acids is 1. The van der Waals surface area contributed by atoms with Crippen LogP contribution in [0.1, 0.15) is 61.7 Å². The molecule has 0 saturated carbocycles. The number of hydrogen-bond donors (Lipinski definition) is 1. The molecule has 37 heavy (non-hydrogen) atoms. The van der Waals surface area contributed by atoms with Gasteiger partial charge in [0.25, 0.3) is 0 Å². The molecule has 0 atom stereocenters. The summed E-state index contributed by atoms with van der Waals surface area (Å²) in [5, 5.41) is 10.3. The first kappa shape index (κ1) is 26.2. The lowest BCUT2D eigenvalue weighted by Gasteiger charge is -2.19. The van der Waals surface area contributed by atoms with Crippen LogP contribution in [0.25, 0.3) is 16.6 Å². The molecular weight excluding hydrogens is 484 g/mol. The standard InChI is InChI=1S/C30H30N2O4S/c1-18(2)36-23-13-8-20(9-14-23)28(33)24(16-19-6-11-22(12-7-19)30(3,4)5)27(29(34)35)21-10-15-25-26(17-21)32-37-31-25/h6-15,17-18H,16H2,1-5H3,(H,34,35). The van der Waals surface area contributed by atoms with E-state index in [-0.39, 0.29) is 34.9 Å². The third kappa shape index (κ3) is 6.12. The molecule has 0 radical (unpaired) electrons. The van der Waals surface area contributed by atoms with Gasteiger partial charge in [-0.05, 0) is 72.4 Å². The Balaban J connectivity index is 1.82. The SMILES string of the molecule is CC(C)Oc1ccc(C(=O)C(Cc2ccc(C(C)(C)C)cc2)=C(C(=O)O)c2ccc3nsnc3c2)cc1. The van der Waals surface area contributed by atoms with Crippen LogP contribution in [0.2, 0.25) is 0 Å². The zero-order valence-corrected chi connectivity index (χ0v) is 22.4. The Kier molecular flexibility index (Phi) is 7.55. The molecule has 1 aromatic heterocycles. The summed E-state index contributed by atoms with van der Waals surface area (Å²) in [6.45, 7) is 10.3. The van der Waals surface area contributed by atoms with Gasteiger partial charge < -0.3 is 9.84 Å². The number of hydrogen-bond acceptors (Lipinski definition) is 6. The molecule has 0 unspecified atom stereocenters. The lowest BCUT2D eigenvalue weighted by atomic mass is 9.85. The molecule has 7 heteroatoms. The molecule has 0 aliphatic rings. The summed E-state index contributed by atoms with van der Waals surface area (Å²) >= 11 is 1.06. The van der Waals surface area contributed by atoms with Crippen molar-refractivity contribution in [2.45, 2.75) is 52.6 Å². The van der Waals surface area contributed by atoms with Crippen molar-refractivity contribution in [1.29, 1.82) is 0 Å². The van der Waals surface area contributed by atoms with Crippen molar-refractivity contribution in [3.63, 3.8) is 0 Å². The van der Waals surface area contributed by atoms with E-state index in [4.69, 9.17) is 4.74 Å². The van der Waals surface area contributed by atoms with Gasteiger partial charge in [-0.15, -0.1) is 0 Å². The van der Waals surface area contributed by atoms with Crippen LogP contribution in [0.3, 0.4) is 0 Å². The topological polar surface area (TPSA) is 89.4 Å². The Morgan fingerprint density at radius 2 is 1.51 bits per heavy atom. The van der Waals surface area contributed by atoms with Crippen LogP contribution in [-0.4, -0.2) is 31.7 Å². The number of ketones is 1. The first-order valence-electron chi connectivity index (χ1n) is 12.1. The third-order valence-electron chi connectivity index (χ3n) is 6.02. The number of ether oxygens (including phenoxy) is 1. The maximum absolute atomic E-state index is 13.9. The summed E-state index contributed by atoms with van der Waals surface area (Å²) in [5.41, 5.74) is 4.26. The van der Waals surface area contributed by atoms with Crippen molar-refractivity contribution in [1.82, 2.24) is 8.75 Å². The fourth-order valence-corrected chi connectivity index (χ4v) is 4.62. The number of rotatable bonds is 8. The minimum Gasteiger partial charge on any atom is -0.491 e. The van der Waals surface area contributed by atoms with Crippen LogP contribution in [0.4, 0.5) is 0 Å². The molecule has 1 N–H and O–H groups in total. The normalized spacial score (nSPS) is 12.5. The molecule has 4 aromatic rings. The number of aromatic nitrogens is 2. The second-order valence-corrected chi connectivity index (χ2v) is 10.8. The third-order valence-corrected chi connectivity index (χ3v) is 6.58. The van der Waals surface area contributed by atoms with E-state index in [1.807, 2.05) is 38.1 Å². The van der Waals surface area contributed by atoms with E-state index in [0.29, 0.717) is 27.9 Å². The summed E-state index contributed by atoms with van der Waals surface area (Å²) < 4.78 is 14.2. The number of Topliss-reactive ketones (excluding diaryl/α,β-unsaturated/α-hetero) is 1. The fourth-order valence-electron chi connectivity index (χ4n) is 4.10. The molecule has 0 saturated heterocycles. The number of aliphatic carboxylic acids is 1. The number of carboxylic acids is 1. The molecule has 4 rings (SSSR count). The van der Waals surface area contributed by atoms with Gasteiger partial charge in [0.2, 0.25) is 0 Å². The number of carboxylic acid groups (broad SMARTS) is 1. The van der Waals surface area contributed by atoms with E-state index in [0.717, 1.165) is 22.9 Å². The van der Waals surface area contributed by atoms with E-state index in [2.05, 4.69) is 29.5 Å². The van der Waals surface area contributed by atoms with Gasteiger partial charge in [0, 0.05) is 17.6 Å². The molecule has 0 amide bonds. The van der Waals surface area contributed by atoms with Gasteiger partial charge in [0.05, 0.1) is 23.4 Å². The highest BCUT2D eigenvalue weighted by molar-refractivity contribution is 7.00. The number of carbonyl (C=O) groups is 2. The van der Waals surface area contributed by atoms with Crippen LogP contribution in [-0.2, 0) is 16.6 Å². The molecule has 6 nitrogen and oxygen atoms in total. The van der Waals surface area contributed by atoms with Crippen molar-refractivity contribution in [3.8, 4) is 5.75 Å². The van der Waals surface area contributed by atoms with E-state index < -0.39 is 5.97 Å². The molecule has 0 spiro atoms. The lowest BCUT2D eigenvalue weighted by Crippen LogP contribution is -2.15. The van der Waals surface area contributed by atoms with Crippen LogP contribution in [0.5, 0.6) is 5.75 Å². The summed E-state index contributed by atoms with van der Waals surface area (Å²) in [7, 11) is 0. The van der Waals surface area contributed by atoms with Gasteiger partial charge in [-0.1, -0.05) is 51.1 Å². The average Bonchev–Trinajstić information content (AvgIpc) is 3.31. The van der Waals surface area contributed by atoms with Crippen molar-refractivity contribution < 1.29 is 19.4 Å². The van der Waals surface area contributed by atoms with E-state index in [9.17, 15) is 14.7 Å². The first-order chi connectivity index (χ1) is 17.5. The zero-order valence-electron chi connectivity index (χ0n) is 21.6. The zero-order chi connectivity index (χ0) is 26.7. The number of benzene rings is 3. The summed E-state index contributed by atoms with van der Waals surface area (Å²) in [6.07, 6.45) is 0.171. The van der Waals surface area contributed by atoms with Gasteiger partial charge in [-0.2, -0.15) is 8.75 Å². The van der Waals surface area contributed by atoms with Gasteiger partial charge in [-0.3, -0.25) is 4.79 Å². The largest absolute Gasteiger partial charge is 0.491 e. The molecule has 1 heterocycles. The molecule has 0 aliphatic carbocycles. The number of allylic oxidation sites excluding steroid dienone is 1. The van der Waals surface area contributed by atoms with Crippen LogP contribution >= 0.6 is 11.7 Å². The Labute approximate surface area is 221 Å². The van der Waals surface area contributed by atoms with Crippen LogP contribution in [0, 0.1) is 0 Å². The average molecular weight is 515 g/mol. The fraction of sp³-hybridized carbons (Fsp3) is 0.267. The Morgan fingerprint density at radius 1 is 0.892 bits per heavy atom. The maximum Gasteiger partial charge on any atom is 0.336 e. The minimum absolute atomic E-state index is 0.00168. The Bertz CT molecular complexity index is 1460. The van der Waals surface area contributed by atoms with Crippen molar-refractivity contribution in [2.24, 2.45) is 0 Å². The highest BCUT2D eigenvalue weighted by Gasteiger charge is 2.25. The number of nitrogens with zero attached hydrogens (tertiary/aromatic N) is 2. The smallest absolute Gasteiger partial charge is 0.336 e. The highest BCUT2D eigenvalue weighted by Crippen LogP contribution is 2.29. The van der Waals surface area contributed by atoms with E-state index >= 15 is 0 Å². The lowest BCUT2D eigenvalue weighted by molar-refractivity contribution is -0.130. The summed E-state index contributed by atoms with van der Waals surface area (Å²) in [6, 6.07) is 19.9. The van der Waals surface area contributed by atoms with Gasteiger partial charge in [-0.25, -0.2) is 4.79 Å². The van der Waals surface area contributed by atoms with Crippen molar-refractivity contribution >= 4 is 40.1 Å². The van der Waals surface area contributed by atoms with Crippen molar-refractivity contribution in [3.05, 3.63) is 94.6 Å². The monoisotopic (exact) mass is 514 g/mol. The predicted octanol–water partition coefficient (Wildman–Crippen LogP) is 6.74. The van der Waals surface area contributed by atoms with Crippen LogP contribution < -0.4 is 4.74 Å². The quantitative estimate of drug-likeness (QED) is 0.207. The molecule has 3 aromatic carbocycles. The minimum atomic E-state index is -1.17. The van der Waals surface area contributed by atoms with E-state index in [1.165, 1.54) is 0 Å². The molecule has 0 aliphatic heterocycles. The second-order valence-electron chi connectivity index (χ2n) is 10.3. The summed E-state index contributed by atoms with van der Waals surface area (Å²) in [4.78, 5) is 26.5. The van der Waals surface area contributed by atoms with E-state index in [1.54, 1.807) is 42.5 Å². The van der Waals surface area contributed by atoms with Crippen molar-refractivity contribution in [2.75, 3.05) is 0 Å². The second kappa shape index (κ2) is 10.6.